The van der Waals surface area contributed by atoms with Crippen molar-refractivity contribution in [2.24, 2.45) is 17.1 Å². The molecule has 2 aliphatic rings. The lowest BCUT2D eigenvalue weighted by molar-refractivity contribution is 0.0224. The van der Waals surface area contributed by atoms with Crippen LogP contribution in [0.2, 0.25) is 5.02 Å². The Bertz CT molecular complexity index is 1100. The minimum Gasteiger partial charge on any atom is -0.444 e. The van der Waals surface area contributed by atoms with Crippen LogP contribution in [0, 0.1) is 45.3 Å². The maximum atomic E-state index is 12.7. The highest BCUT2D eigenvalue weighted by Crippen LogP contribution is 2.54. The molecule has 0 radical (unpaired) electrons. The minimum atomic E-state index is -1.78. The second-order valence-corrected chi connectivity index (χ2v) is 9.05. The van der Waals surface area contributed by atoms with E-state index in [9.17, 15) is 20.6 Å². The van der Waals surface area contributed by atoms with Crippen LogP contribution in [0.1, 0.15) is 32.3 Å². The van der Waals surface area contributed by atoms with Crippen LogP contribution in [0.5, 0.6) is 0 Å². The van der Waals surface area contributed by atoms with Crippen LogP contribution < -0.4 is 5.73 Å². The molecule has 0 saturated heterocycles. The van der Waals surface area contributed by atoms with Crippen molar-refractivity contribution in [1.82, 2.24) is 4.90 Å². The van der Waals surface area contributed by atoms with Gasteiger partial charge in [0.1, 0.15) is 11.7 Å². The number of amides is 1. The number of benzene rings is 1. The highest BCUT2D eigenvalue weighted by atomic mass is 35.5. The van der Waals surface area contributed by atoms with Gasteiger partial charge in [-0.25, -0.2) is 4.79 Å². The summed E-state index contributed by atoms with van der Waals surface area (Å²) in [5.41, 5.74) is 5.13. The third-order valence-corrected chi connectivity index (χ3v) is 5.76. The number of nitrogens with zero attached hydrogens (tertiary/aromatic N) is 4. The van der Waals surface area contributed by atoms with E-state index in [1.54, 1.807) is 51.1 Å². The molecule has 1 aromatic carbocycles. The second kappa shape index (κ2) is 7.99. The molecule has 8 heteroatoms. The van der Waals surface area contributed by atoms with Crippen molar-refractivity contribution in [3.8, 4) is 18.2 Å². The molecule has 0 spiro atoms. The van der Waals surface area contributed by atoms with Gasteiger partial charge in [-0.2, -0.15) is 15.8 Å². The number of fused-ring (bicyclic) bond motifs is 1. The van der Waals surface area contributed by atoms with E-state index >= 15 is 0 Å². The zero-order chi connectivity index (χ0) is 23.0. The molecule has 1 aliphatic carbocycles. The van der Waals surface area contributed by atoms with Gasteiger partial charge in [0, 0.05) is 29.9 Å². The van der Waals surface area contributed by atoms with Crippen molar-refractivity contribution in [1.29, 1.82) is 15.8 Å². The highest BCUT2D eigenvalue weighted by molar-refractivity contribution is 6.30. The van der Waals surface area contributed by atoms with E-state index in [0.29, 0.717) is 16.2 Å². The normalized spacial score (nSPS) is 22.4. The number of nitrogens with two attached hydrogens (primary N) is 1. The second-order valence-electron chi connectivity index (χ2n) is 8.62. The SMILES string of the molecule is CC(C)(C)OC(=O)N1CC=C2C(C#N)=C(N)C(C#N)(C#N)[C@H](c3cccc(Cl)c3)[C@H]2C1. The summed E-state index contributed by atoms with van der Waals surface area (Å²) in [6.07, 6.45) is 1.24. The zero-order valence-electron chi connectivity index (χ0n) is 17.5. The number of carbonyl (C=O) groups is 1. The van der Waals surface area contributed by atoms with Crippen molar-refractivity contribution in [2.45, 2.75) is 32.3 Å². The fourth-order valence-corrected chi connectivity index (χ4v) is 4.43. The Morgan fingerprint density at radius 1 is 1.29 bits per heavy atom. The van der Waals surface area contributed by atoms with Gasteiger partial charge in [0.2, 0.25) is 0 Å². The summed E-state index contributed by atoms with van der Waals surface area (Å²) in [6, 6.07) is 13.1. The molecule has 0 saturated carbocycles. The number of carbonyl (C=O) groups excluding carboxylic acids is 1. The lowest BCUT2D eigenvalue weighted by Gasteiger charge is -2.45. The quantitative estimate of drug-likeness (QED) is 0.710. The maximum Gasteiger partial charge on any atom is 0.410 e. The molecule has 31 heavy (non-hydrogen) atoms. The van der Waals surface area contributed by atoms with E-state index in [1.807, 2.05) is 0 Å². The van der Waals surface area contributed by atoms with Gasteiger partial charge in [0.05, 0.1) is 23.4 Å². The molecule has 3 rings (SSSR count). The summed E-state index contributed by atoms with van der Waals surface area (Å²) in [5.74, 6) is -1.24. The Labute approximate surface area is 186 Å². The maximum absolute atomic E-state index is 12.7. The van der Waals surface area contributed by atoms with Crippen LogP contribution in [0.15, 0.2) is 47.2 Å². The number of rotatable bonds is 1. The molecule has 7 nitrogen and oxygen atoms in total. The topological polar surface area (TPSA) is 127 Å². The van der Waals surface area contributed by atoms with E-state index in [1.165, 1.54) is 4.90 Å². The van der Waals surface area contributed by atoms with Crippen molar-refractivity contribution >= 4 is 17.7 Å². The minimum absolute atomic E-state index is 0.0711. The number of allylic oxidation sites excluding steroid dienone is 2. The fourth-order valence-electron chi connectivity index (χ4n) is 4.23. The summed E-state index contributed by atoms with van der Waals surface area (Å²) in [7, 11) is 0. The molecule has 2 N–H and O–H groups in total. The van der Waals surface area contributed by atoms with Gasteiger partial charge in [0.25, 0.3) is 0 Å². The summed E-state index contributed by atoms with van der Waals surface area (Å²) in [4.78, 5) is 14.2. The van der Waals surface area contributed by atoms with E-state index in [-0.39, 0.29) is 24.4 Å². The van der Waals surface area contributed by atoms with Gasteiger partial charge < -0.3 is 15.4 Å². The van der Waals surface area contributed by atoms with Gasteiger partial charge in [0.15, 0.2) is 5.41 Å². The summed E-state index contributed by atoms with van der Waals surface area (Å²) in [6.45, 7) is 5.73. The number of nitriles is 3. The Morgan fingerprint density at radius 2 is 1.97 bits per heavy atom. The number of halogens is 1. The molecule has 1 amide bonds. The summed E-state index contributed by atoms with van der Waals surface area (Å²) < 4.78 is 5.50. The van der Waals surface area contributed by atoms with Gasteiger partial charge in [-0.3, -0.25) is 0 Å². The van der Waals surface area contributed by atoms with Crippen LogP contribution in [-0.4, -0.2) is 29.7 Å². The zero-order valence-corrected chi connectivity index (χ0v) is 18.3. The van der Waals surface area contributed by atoms with Crippen LogP contribution in [0.3, 0.4) is 0 Å². The first-order valence-electron chi connectivity index (χ1n) is 9.74. The average molecular weight is 436 g/mol. The van der Waals surface area contributed by atoms with Crippen molar-refractivity contribution in [3.05, 3.63) is 57.8 Å². The first-order valence-corrected chi connectivity index (χ1v) is 10.1. The van der Waals surface area contributed by atoms with Crippen molar-refractivity contribution in [2.75, 3.05) is 13.1 Å². The smallest absolute Gasteiger partial charge is 0.410 e. The van der Waals surface area contributed by atoms with Gasteiger partial charge in [-0.1, -0.05) is 29.8 Å². The summed E-state index contributed by atoms with van der Waals surface area (Å²) in [5, 5.41) is 30.4. The van der Waals surface area contributed by atoms with E-state index in [2.05, 4.69) is 18.2 Å². The van der Waals surface area contributed by atoms with Gasteiger partial charge >= 0.3 is 6.09 Å². The molecule has 1 aliphatic heterocycles. The van der Waals surface area contributed by atoms with Crippen molar-refractivity contribution < 1.29 is 9.53 Å². The molecular weight excluding hydrogens is 414 g/mol. The number of ether oxygens (including phenoxy) is 1. The Balaban J connectivity index is 2.19. The standard InChI is InChI=1S/C23H22ClN5O2/c1-22(2,3)31-21(30)29-8-7-16-17(10-25)20(28)23(12-26,13-27)19(18(16)11-29)14-5-4-6-15(24)9-14/h4-7,9,18-19H,8,11,28H2,1-3H3/t18-,19+/m0/s1. The summed E-state index contributed by atoms with van der Waals surface area (Å²) >= 11 is 6.20. The monoisotopic (exact) mass is 435 g/mol. The Kier molecular flexibility index (Phi) is 5.72. The molecule has 0 fully saturated rings. The van der Waals surface area contributed by atoms with E-state index in [4.69, 9.17) is 22.1 Å². The Morgan fingerprint density at radius 3 is 2.52 bits per heavy atom. The molecule has 0 unspecified atom stereocenters. The molecule has 158 valence electrons. The van der Waals surface area contributed by atoms with E-state index < -0.39 is 28.9 Å². The van der Waals surface area contributed by atoms with E-state index in [0.717, 1.165) is 0 Å². The first-order chi connectivity index (χ1) is 14.6. The predicted octanol–water partition coefficient (Wildman–Crippen LogP) is 4.00. The largest absolute Gasteiger partial charge is 0.444 e. The molecule has 1 heterocycles. The van der Waals surface area contributed by atoms with Gasteiger partial charge in [-0.15, -0.1) is 0 Å². The van der Waals surface area contributed by atoms with Gasteiger partial charge in [-0.05, 0) is 44.0 Å². The molecular formula is C23H22ClN5O2. The number of hydrogen-bond acceptors (Lipinski definition) is 6. The van der Waals surface area contributed by atoms with Crippen LogP contribution in [0.25, 0.3) is 0 Å². The van der Waals surface area contributed by atoms with Crippen LogP contribution in [0.4, 0.5) is 4.79 Å². The predicted molar refractivity (Wildman–Crippen MR) is 114 cm³/mol. The molecule has 2 atom stereocenters. The van der Waals surface area contributed by atoms with Crippen molar-refractivity contribution in [3.63, 3.8) is 0 Å². The molecule has 0 aromatic heterocycles. The lowest BCUT2D eigenvalue weighted by atomic mass is 9.58. The third-order valence-electron chi connectivity index (χ3n) is 5.52. The third kappa shape index (κ3) is 3.83. The molecule has 1 aromatic rings. The fraction of sp³-hybridized carbons (Fsp3) is 0.391. The Hall–Kier alpha value is -3.47. The average Bonchev–Trinajstić information content (AvgIpc) is 2.71. The van der Waals surface area contributed by atoms with Crippen LogP contribution in [-0.2, 0) is 4.74 Å². The highest BCUT2D eigenvalue weighted by Gasteiger charge is 2.54. The first kappa shape index (κ1) is 22.2. The lowest BCUT2D eigenvalue weighted by Crippen LogP contribution is -2.50. The number of hydrogen-bond donors (Lipinski definition) is 1. The van der Waals surface area contributed by atoms with Crippen LogP contribution >= 0.6 is 11.6 Å². The molecule has 0 bridgehead atoms.